The zero-order valence-electron chi connectivity index (χ0n) is 31.3. The van der Waals surface area contributed by atoms with Gasteiger partial charge in [-0.05, 0) is 103 Å². The van der Waals surface area contributed by atoms with Gasteiger partial charge >= 0.3 is 18.2 Å². The van der Waals surface area contributed by atoms with E-state index < -0.39 is 17.7 Å². The second kappa shape index (κ2) is 18.4. The van der Waals surface area contributed by atoms with Gasteiger partial charge in [0.1, 0.15) is 23.0 Å². The highest BCUT2D eigenvalue weighted by atomic mass is 16.7. The summed E-state index contributed by atoms with van der Waals surface area (Å²) in [5, 5.41) is 2.79. The Bertz CT molecular complexity index is 1780. The van der Waals surface area contributed by atoms with E-state index >= 15 is 0 Å². The summed E-state index contributed by atoms with van der Waals surface area (Å²) in [6, 6.07) is 30.8. The Balaban J connectivity index is 1.23. The first-order valence-electron chi connectivity index (χ1n) is 18.6. The largest absolute Gasteiger partial charge is 0.519 e. The summed E-state index contributed by atoms with van der Waals surface area (Å²) >= 11 is 0. The average molecular weight is 722 g/mol. The number of alkyl carbamates (subject to hydrolysis) is 1. The van der Waals surface area contributed by atoms with E-state index in [4.69, 9.17) is 23.7 Å². The van der Waals surface area contributed by atoms with Gasteiger partial charge < -0.3 is 29.0 Å². The van der Waals surface area contributed by atoms with E-state index in [9.17, 15) is 14.4 Å². The number of hydrogen-bond donors (Lipinski definition) is 1. The van der Waals surface area contributed by atoms with Gasteiger partial charge in [-0.25, -0.2) is 9.59 Å². The maximum atomic E-state index is 12.9. The van der Waals surface area contributed by atoms with Crippen LogP contribution < -0.4 is 24.3 Å². The van der Waals surface area contributed by atoms with Crippen molar-refractivity contribution >= 4 is 18.2 Å². The molecule has 1 N–H and O–H groups in total. The lowest BCUT2D eigenvalue weighted by Gasteiger charge is -2.38. The van der Waals surface area contributed by atoms with E-state index in [0.29, 0.717) is 43.2 Å². The zero-order chi connectivity index (χ0) is 37.7. The minimum atomic E-state index is -0.828. The third-order valence-electron chi connectivity index (χ3n) is 10.3. The van der Waals surface area contributed by atoms with Crippen LogP contribution in [0, 0.1) is 0 Å². The molecule has 0 bridgehead atoms. The fourth-order valence-electron chi connectivity index (χ4n) is 7.28. The fraction of sp³-hybridized carbons (Fsp3) is 0.386. The van der Waals surface area contributed by atoms with Gasteiger partial charge in [-0.15, -0.1) is 0 Å². The first-order chi connectivity index (χ1) is 25.6. The number of amides is 1. The number of carbonyl (C=O) groups is 3. The van der Waals surface area contributed by atoms with Gasteiger partial charge in [0.15, 0.2) is 0 Å². The van der Waals surface area contributed by atoms with Crippen LogP contribution in [0.1, 0.15) is 101 Å². The van der Waals surface area contributed by atoms with Crippen LogP contribution in [-0.2, 0) is 20.4 Å². The molecule has 9 heteroatoms. The molecule has 1 atom stereocenters. The molecule has 0 aromatic heterocycles. The van der Waals surface area contributed by atoms with Gasteiger partial charge in [0.25, 0.3) is 0 Å². The van der Waals surface area contributed by atoms with Crippen molar-refractivity contribution in [1.82, 2.24) is 5.32 Å². The Hall–Kier alpha value is -5.31. The second-order valence-corrected chi connectivity index (χ2v) is 13.8. The van der Waals surface area contributed by atoms with Crippen LogP contribution in [0.15, 0.2) is 97.1 Å². The molecule has 0 saturated heterocycles. The molecule has 53 heavy (non-hydrogen) atoms. The van der Waals surface area contributed by atoms with Gasteiger partial charge in [-0.3, -0.25) is 4.79 Å². The zero-order valence-corrected chi connectivity index (χ0v) is 31.3. The molecule has 0 spiro atoms. The van der Waals surface area contributed by atoms with E-state index in [0.717, 1.165) is 61.0 Å². The predicted molar refractivity (Wildman–Crippen MR) is 204 cm³/mol. The lowest BCUT2D eigenvalue weighted by atomic mass is 9.65. The van der Waals surface area contributed by atoms with E-state index in [1.165, 1.54) is 18.9 Å². The quantitative estimate of drug-likeness (QED) is 0.0559. The van der Waals surface area contributed by atoms with Gasteiger partial charge in [0.2, 0.25) is 0 Å². The predicted octanol–water partition coefficient (Wildman–Crippen LogP) is 10.1. The molecule has 1 amide bonds. The summed E-state index contributed by atoms with van der Waals surface area (Å²) in [6.07, 6.45) is 7.46. The molecule has 1 aliphatic rings. The molecule has 4 aromatic carbocycles. The smallest absolute Gasteiger partial charge is 0.497 e. The molecule has 280 valence electrons. The summed E-state index contributed by atoms with van der Waals surface area (Å²) in [6.45, 7) is 6.52. The van der Waals surface area contributed by atoms with Gasteiger partial charge in [-0.2, -0.15) is 0 Å². The van der Waals surface area contributed by atoms with Crippen molar-refractivity contribution in [2.75, 3.05) is 20.3 Å². The molecule has 0 aliphatic heterocycles. The van der Waals surface area contributed by atoms with Crippen molar-refractivity contribution in [3.63, 3.8) is 0 Å². The summed E-state index contributed by atoms with van der Waals surface area (Å²) in [5.74, 6) is 1.70. The number of benzene rings is 4. The number of methoxy groups -OCH3 is 1. The number of ether oxygens (including phenoxy) is 5. The van der Waals surface area contributed by atoms with Crippen LogP contribution in [0.2, 0.25) is 0 Å². The van der Waals surface area contributed by atoms with Crippen LogP contribution in [0.4, 0.5) is 9.59 Å². The maximum Gasteiger partial charge on any atom is 0.519 e. The molecule has 1 saturated carbocycles. The Morgan fingerprint density at radius 1 is 0.679 bits per heavy atom. The van der Waals surface area contributed by atoms with Crippen molar-refractivity contribution in [3.8, 4) is 23.0 Å². The third-order valence-corrected chi connectivity index (χ3v) is 10.3. The molecular weight excluding hydrogens is 670 g/mol. The molecule has 9 nitrogen and oxygen atoms in total. The van der Waals surface area contributed by atoms with E-state index in [-0.39, 0.29) is 11.4 Å². The number of nitrogens with one attached hydrogen (secondary N) is 1. The van der Waals surface area contributed by atoms with Gasteiger partial charge in [0.05, 0.1) is 13.7 Å². The van der Waals surface area contributed by atoms with Crippen molar-refractivity contribution in [2.24, 2.45) is 0 Å². The normalized spacial score (nSPS) is 14.6. The highest BCUT2D eigenvalue weighted by molar-refractivity contribution is 5.69. The first kappa shape index (κ1) is 38.9. The number of esters is 1. The van der Waals surface area contributed by atoms with Crippen LogP contribution in [0.3, 0.4) is 0 Å². The molecule has 4 aromatic rings. The number of unbranched alkanes of at least 4 members (excludes halogenated alkanes) is 1. The molecule has 5 rings (SSSR count). The fourth-order valence-corrected chi connectivity index (χ4v) is 7.28. The molecular formula is C44H51NO8. The van der Waals surface area contributed by atoms with Crippen molar-refractivity contribution in [2.45, 2.75) is 89.4 Å². The van der Waals surface area contributed by atoms with Crippen molar-refractivity contribution < 1.29 is 38.1 Å². The van der Waals surface area contributed by atoms with Crippen molar-refractivity contribution in [1.29, 1.82) is 0 Å². The lowest BCUT2D eigenvalue weighted by Crippen LogP contribution is -2.30. The third kappa shape index (κ3) is 10.2. The topological polar surface area (TPSA) is 109 Å². The monoisotopic (exact) mass is 721 g/mol. The SMILES string of the molecule is CCCCNC(=O)OCCCC(C)(c1ccc(OC)cc1)c1ccc(OC(=O)Oc2ccc(C3(c4ccc(OC(C)=O)cc4)CCCCC3)cc2)cc1. The average Bonchev–Trinajstić information content (AvgIpc) is 3.17. The van der Waals surface area contributed by atoms with E-state index in [1.807, 2.05) is 84.9 Å². The number of hydrogen-bond acceptors (Lipinski definition) is 8. The summed E-state index contributed by atoms with van der Waals surface area (Å²) < 4.78 is 27.2. The molecule has 0 radical (unpaired) electrons. The van der Waals surface area contributed by atoms with Gasteiger partial charge in [0, 0.05) is 24.3 Å². The van der Waals surface area contributed by atoms with Crippen LogP contribution >= 0.6 is 0 Å². The highest BCUT2D eigenvalue weighted by Gasteiger charge is 2.36. The molecule has 1 unspecified atom stereocenters. The highest BCUT2D eigenvalue weighted by Crippen LogP contribution is 2.45. The van der Waals surface area contributed by atoms with Crippen LogP contribution in [-0.4, -0.2) is 38.5 Å². The summed E-state index contributed by atoms with van der Waals surface area (Å²) in [7, 11) is 1.64. The Kier molecular flexibility index (Phi) is 13.5. The minimum absolute atomic E-state index is 0.177. The van der Waals surface area contributed by atoms with Crippen molar-refractivity contribution in [3.05, 3.63) is 119 Å². The summed E-state index contributed by atoms with van der Waals surface area (Å²) in [4.78, 5) is 36.4. The number of carbonyl (C=O) groups excluding carboxylic acids is 3. The Morgan fingerprint density at radius 2 is 1.17 bits per heavy atom. The Morgan fingerprint density at radius 3 is 1.66 bits per heavy atom. The number of rotatable bonds is 15. The van der Waals surface area contributed by atoms with Gasteiger partial charge in [-0.1, -0.05) is 88.1 Å². The second-order valence-electron chi connectivity index (χ2n) is 13.8. The first-order valence-corrected chi connectivity index (χ1v) is 18.6. The standard InChI is InChI=1S/C44H51NO8/c1-5-6-30-45-41(47)50-31-10-27-43(3,33-11-19-37(49-4)20-12-33)34-13-21-39(22-14-34)52-42(48)53-40-25-17-36(18-26-40)44(28-8-7-9-29-44)35-15-23-38(24-16-35)51-32(2)46/h11-26H,5-10,27-31H2,1-4H3,(H,45,47). The molecule has 1 fully saturated rings. The van der Waals surface area contributed by atoms with E-state index in [1.54, 1.807) is 19.2 Å². The molecule has 1 aliphatic carbocycles. The lowest BCUT2D eigenvalue weighted by molar-refractivity contribution is -0.131. The molecule has 0 heterocycles. The minimum Gasteiger partial charge on any atom is -0.497 e. The van der Waals surface area contributed by atoms with E-state index in [2.05, 4.69) is 19.2 Å². The van der Waals surface area contributed by atoms with Crippen LogP contribution in [0.5, 0.6) is 23.0 Å². The summed E-state index contributed by atoms with van der Waals surface area (Å²) in [5.41, 5.74) is 3.82. The van der Waals surface area contributed by atoms with Crippen LogP contribution in [0.25, 0.3) is 0 Å². The Labute approximate surface area is 312 Å². The maximum absolute atomic E-state index is 12.9.